The van der Waals surface area contributed by atoms with E-state index in [-0.39, 0.29) is 23.7 Å². The van der Waals surface area contributed by atoms with Crippen LogP contribution in [0.2, 0.25) is 0 Å². The number of aromatic nitrogens is 7. The van der Waals surface area contributed by atoms with Crippen molar-refractivity contribution in [1.29, 1.82) is 0 Å². The zero-order valence-electron chi connectivity index (χ0n) is 16.8. The number of aromatic amines is 2. The molecule has 0 aromatic carbocycles. The Kier molecular flexibility index (Phi) is 4.69. The molecule has 0 aliphatic heterocycles. The third-order valence-corrected chi connectivity index (χ3v) is 5.01. The Morgan fingerprint density at radius 3 is 2.90 bits per heavy atom. The lowest BCUT2D eigenvalue weighted by molar-refractivity contribution is 0.454. The van der Waals surface area contributed by atoms with Gasteiger partial charge in [-0.15, -0.1) is 0 Å². The summed E-state index contributed by atoms with van der Waals surface area (Å²) < 4.78 is 1.57. The Morgan fingerprint density at radius 2 is 2.23 bits per heavy atom. The van der Waals surface area contributed by atoms with Crippen molar-refractivity contribution in [2.45, 2.75) is 38.3 Å². The summed E-state index contributed by atoms with van der Waals surface area (Å²) in [6.07, 6.45) is 7.80. The summed E-state index contributed by atoms with van der Waals surface area (Å²) in [7, 11) is 0. The summed E-state index contributed by atoms with van der Waals surface area (Å²) in [4.78, 5) is 34.6. The van der Waals surface area contributed by atoms with Crippen LogP contribution in [0.3, 0.4) is 0 Å². The largest absolute Gasteiger partial charge is 0.493 e. The molecule has 1 saturated carbocycles. The van der Waals surface area contributed by atoms with E-state index in [1.165, 1.54) is 0 Å². The lowest BCUT2D eigenvalue weighted by atomic mass is 10.1. The van der Waals surface area contributed by atoms with Crippen LogP contribution < -0.4 is 21.8 Å². The zero-order valence-corrected chi connectivity index (χ0v) is 16.8. The molecule has 1 fully saturated rings. The fourth-order valence-corrected chi connectivity index (χ4v) is 3.27. The fraction of sp³-hybridized carbons (Fsp3) is 0.300. The molecule has 158 valence electrons. The summed E-state index contributed by atoms with van der Waals surface area (Å²) in [5.41, 5.74) is 1.60. The van der Waals surface area contributed by atoms with Crippen LogP contribution in [-0.4, -0.2) is 45.7 Å². The maximum absolute atomic E-state index is 11.5. The predicted octanol–water partition coefficient (Wildman–Crippen LogP) is 0.415. The van der Waals surface area contributed by atoms with Gasteiger partial charge < -0.3 is 15.4 Å². The number of anilines is 1. The number of imidazole rings is 1. The van der Waals surface area contributed by atoms with Gasteiger partial charge in [-0.2, -0.15) is 19.6 Å². The molecule has 0 amide bonds. The highest BCUT2D eigenvalue weighted by molar-refractivity contribution is 5.57. The average molecular weight is 419 g/mol. The first kappa shape index (κ1) is 19.0. The number of aromatic hydroxyl groups is 1. The van der Waals surface area contributed by atoms with Crippen LogP contribution in [0.1, 0.15) is 43.6 Å². The number of pyridine rings is 1. The van der Waals surface area contributed by atoms with Gasteiger partial charge in [-0.3, -0.25) is 9.97 Å². The second-order valence-corrected chi connectivity index (χ2v) is 7.39. The minimum atomic E-state index is -0.497. The number of hydrogen-bond acceptors (Lipinski definition) is 8. The van der Waals surface area contributed by atoms with Gasteiger partial charge in [-0.1, -0.05) is 13.0 Å². The van der Waals surface area contributed by atoms with Crippen molar-refractivity contribution < 1.29 is 5.11 Å². The smallest absolute Gasteiger partial charge is 0.326 e. The molecule has 1 unspecified atom stereocenters. The standard InChI is InChI=1S/C20H21N9O2/c1-2-13(14-5-3-4-8-21-14)24-18-26-16-11(9-15-17(30)27-20(31)25-15)10-22-29(16)19(28-18)23-12-6-7-12/h3-5,8-10,12-13,30H,2,6-7H2,1H3,(H,23,24,28)(H2,25,27,31)/b11-9-. The molecular weight excluding hydrogens is 398 g/mol. The number of H-pyrrole nitrogens is 2. The van der Waals surface area contributed by atoms with Gasteiger partial charge in [0, 0.05) is 11.4 Å². The molecule has 0 spiro atoms. The van der Waals surface area contributed by atoms with Crippen molar-refractivity contribution in [3.05, 3.63) is 63.3 Å². The molecule has 0 saturated heterocycles. The van der Waals surface area contributed by atoms with Crippen LogP contribution in [0.15, 0.2) is 40.4 Å². The molecule has 4 aromatic rings. The molecule has 11 heteroatoms. The normalized spacial score (nSPS) is 16.2. The summed E-state index contributed by atoms with van der Waals surface area (Å²) in [5, 5.41) is 18.2. The van der Waals surface area contributed by atoms with Gasteiger partial charge in [0.2, 0.25) is 11.8 Å². The Balaban J connectivity index is 1.64. The van der Waals surface area contributed by atoms with Gasteiger partial charge >= 0.3 is 5.69 Å². The number of nitrogens with zero attached hydrogens (tertiary/aromatic N) is 6. The maximum atomic E-state index is 11.5. The van der Waals surface area contributed by atoms with E-state index in [2.05, 4.69) is 47.3 Å². The van der Waals surface area contributed by atoms with Crippen LogP contribution in [0.25, 0.3) is 11.7 Å². The summed E-state index contributed by atoms with van der Waals surface area (Å²) >= 11 is 0. The lowest BCUT2D eigenvalue weighted by Crippen LogP contribution is -2.26. The number of rotatable bonds is 6. The predicted molar refractivity (Wildman–Crippen MR) is 112 cm³/mol. The number of hydrogen-bond donors (Lipinski definition) is 4. The zero-order chi connectivity index (χ0) is 21.4. The van der Waals surface area contributed by atoms with Crippen molar-refractivity contribution in [1.82, 2.24) is 34.5 Å². The second-order valence-electron chi connectivity index (χ2n) is 7.39. The molecular formula is C20H21N9O2. The SMILES string of the molecule is CCC(Nc1nc(=NC2CC2)n2nc/c(=C/c3[nH]c(=O)[nH]c3O)c2n1)c1ccccn1. The van der Waals surface area contributed by atoms with Gasteiger partial charge in [-0.05, 0) is 37.5 Å². The minimum Gasteiger partial charge on any atom is -0.493 e. The van der Waals surface area contributed by atoms with E-state index in [1.54, 1.807) is 23.0 Å². The van der Waals surface area contributed by atoms with Crippen LogP contribution >= 0.6 is 0 Å². The van der Waals surface area contributed by atoms with Crippen LogP contribution in [0, 0.1) is 0 Å². The van der Waals surface area contributed by atoms with Crippen LogP contribution in [-0.2, 0) is 0 Å². The highest BCUT2D eigenvalue weighted by Gasteiger charge is 2.21. The molecule has 31 heavy (non-hydrogen) atoms. The molecule has 0 bridgehead atoms. The molecule has 4 N–H and O–H groups in total. The summed E-state index contributed by atoms with van der Waals surface area (Å²) in [5.74, 6) is 0.159. The van der Waals surface area contributed by atoms with E-state index >= 15 is 0 Å². The third-order valence-electron chi connectivity index (χ3n) is 5.01. The van der Waals surface area contributed by atoms with Crippen molar-refractivity contribution in [2.24, 2.45) is 4.99 Å². The fourth-order valence-electron chi connectivity index (χ4n) is 3.27. The van der Waals surface area contributed by atoms with E-state index in [4.69, 9.17) is 0 Å². The van der Waals surface area contributed by atoms with Gasteiger partial charge in [0.15, 0.2) is 5.65 Å². The number of nitrogens with one attached hydrogen (secondary N) is 3. The van der Waals surface area contributed by atoms with Crippen LogP contribution in [0.4, 0.5) is 5.95 Å². The van der Waals surface area contributed by atoms with Crippen molar-refractivity contribution in [3.63, 3.8) is 0 Å². The monoisotopic (exact) mass is 419 g/mol. The quantitative estimate of drug-likeness (QED) is 0.354. The highest BCUT2D eigenvalue weighted by Crippen LogP contribution is 2.22. The first-order valence-corrected chi connectivity index (χ1v) is 10.1. The van der Waals surface area contributed by atoms with E-state index in [9.17, 15) is 9.90 Å². The van der Waals surface area contributed by atoms with Gasteiger partial charge in [0.1, 0.15) is 5.69 Å². The van der Waals surface area contributed by atoms with Crippen molar-refractivity contribution >= 4 is 17.7 Å². The number of fused-ring (bicyclic) bond motifs is 1. The Labute approximate surface area is 175 Å². The van der Waals surface area contributed by atoms with E-state index in [0.717, 1.165) is 25.0 Å². The molecule has 5 rings (SSSR count). The molecule has 1 aliphatic carbocycles. The Hall–Kier alpha value is -4.02. The Morgan fingerprint density at radius 1 is 1.35 bits per heavy atom. The average Bonchev–Trinajstić information content (AvgIpc) is 3.41. The minimum absolute atomic E-state index is 0.0714. The first-order chi connectivity index (χ1) is 15.1. The van der Waals surface area contributed by atoms with Gasteiger partial charge in [0.05, 0.1) is 24.0 Å². The lowest BCUT2D eigenvalue weighted by Gasteiger charge is -2.16. The summed E-state index contributed by atoms with van der Waals surface area (Å²) in [6, 6.07) is 5.95. The Bertz CT molecular complexity index is 1400. The second kappa shape index (κ2) is 7.67. The topological polar surface area (TPSA) is 149 Å². The van der Waals surface area contributed by atoms with Crippen molar-refractivity contribution in [3.8, 4) is 5.88 Å². The molecule has 0 radical (unpaired) electrons. The molecule has 11 nitrogen and oxygen atoms in total. The van der Waals surface area contributed by atoms with Gasteiger partial charge in [0.25, 0.3) is 5.62 Å². The van der Waals surface area contributed by atoms with Gasteiger partial charge in [-0.25, -0.2) is 9.79 Å². The molecule has 4 aromatic heterocycles. The van der Waals surface area contributed by atoms with E-state index in [0.29, 0.717) is 22.4 Å². The van der Waals surface area contributed by atoms with Crippen molar-refractivity contribution in [2.75, 3.05) is 5.32 Å². The maximum Gasteiger partial charge on any atom is 0.326 e. The van der Waals surface area contributed by atoms with E-state index < -0.39 is 5.69 Å². The third kappa shape index (κ3) is 3.89. The highest BCUT2D eigenvalue weighted by atomic mass is 16.3. The summed E-state index contributed by atoms with van der Waals surface area (Å²) in [6.45, 7) is 2.06. The molecule has 1 atom stereocenters. The van der Waals surface area contributed by atoms with E-state index in [1.807, 2.05) is 18.2 Å². The van der Waals surface area contributed by atoms with Crippen LogP contribution in [0.5, 0.6) is 5.88 Å². The molecule has 1 aliphatic rings. The molecule has 4 heterocycles. The first-order valence-electron chi connectivity index (χ1n) is 10.1.